The normalized spacial score (nSPS) is 19.2. The second-order valence-corrected chi connectivity index (χ2v) is 8.63. The predicted molar refractivity (Wildman–Crippen MR) is 122 cm³/mol. The van der Waals surface area contributed by atoms with E-state index in [1.807, 2.05) is 30.9 Å². The number of amides is 2. The van der Waals surface area contributed by atoms with Gasteiger partial charge < -0.3 is 4.90 Å². The Labute approximate surface area is 188 Å². The molecule has 0 unspecified atom stereocenters. The lowest BCUT2D eigenvalue weighted by Gasteiger charge is -2.34. The second kappa shape index (κ2) is 9.20. The number of hydrogen-bond acceptors (Lipinski definition) is 4. The molecular formula is C25H29FN4O2. The van der Waals surface area contributed by atoms with Gasteiger partial charge in [-0.25, -0.2) is 9.40 Å². The quantitative estimate of drug-likeness (QED) is 0.739. The first kappa shape index (κ1) is 22.1. The summed E-state index contributed by atoms with van der Waals surface area (Å²) < 4.78 is 14.7. The van der Waals surface area contributed by atoms with Crippen molar-refractivity contribution in [3.63, 3.8) is 0 Å². The third kappa shape index (κ3) is 4.58. The molecule has 2 aliphatic heterocycles. The van der Waals surface area contributed by atoms with Crippen molar-refractivity contribution in [2.75, 3.05) is 32.7 Å². The molecule has 1 saturated heterocycles. The van der Waals surface area contributed by atoms with Crippen molar-refractivity contribution in [2.24, 2.45) is 5.10 Å². The van der Waals surface area contributed by atoms with Gasteiger partial charge in [0.2, 0.25) is 5.91 Å². The number of piperazine rings is 1. The summed E-state index contributed by atoms with van der Waals surface area (Å²) >= 11 is 0. The van der Waals surface area contributed by atoms with E-state index >= 15 is 0 Å². The molecule has 1 atom stereocenters. The van der Waals surface area contributed by atoms with Crippen LogP contribution in [0.5, 0.6) is 0 Å². The molecule has 168 valence electrons. The number of hydrazone groups is 1. The fourth-order valence-corrected chi connectivity index (χ4v) is 4.51. The third-order valence-electron chi connectivity index (χ3n) is 6.30. The largest absolute Gasteiger partial charge is 0.340 e. The lowest BCUT2D eigenvalue weighted by molar-refractivity contribution is -0.135. The number of halogens is 1. The van der Waals surface area contributed by atoms with Crippen molar-refractivity contribution in [1.82, 2.24) is 14.8 Å². The topological polar surface area (TPSA) is 56.2 Å². The Bertz CT molecular complexity index is 1060. The number of carbonyl (C=O) groups excluding carboxylic acids is 2. The Morgan fingerprint density at radius 1 is 1.06 bits per heavy atom. The maximum absolute atomic E-state index is 14.7. The molecule has 4 rings (SSSR count). The van der Waals surface area contributed by atoms with Gasteiger partial charge in [0.25, 0.3) is 5.91 Å². The van der Waals surface area contributed by atoms with Crippen LogP contribution in [-0.4, -0.2) is 65.1 Å². The second-order valence-electron chi connectivity index (χ2n) is 8.63. The van der Waals surface area contributed by atoms with Crippen LogP contribution >= 0.6 is 0 Å². The van der Waals surface area contributed by atoms with E-state index in [2.05, 4.69) is 6.07 Å². The van der Waals surface area contributed by atoms with Gasteiger partial charge in [0, 0.05) is 50.7 Å². The highest BCUT2D eigenvalue weighted by atomic mass is 19.1. The summed E-state index contributed by atoms with van der Waals surface area (Å²) in [7, 11) is 0. The highest BCUT2D eigenvalue weighted by Gasteiger charge is 2.35. The molecule has 2 aromatic rings. The summed E-state index contributed by atoms with van der Waals surface area (Å²) in [5.41, 5.74) is 4.51. The fraction of sp³-hybridized carbons (Fsp3) is 0.400. The van der Waals surface area contributed by atoms with Crippen LogP contribution in [0.3, 0.4) is 0 Å². The van der Waals surface area contributed by atoms with Crippen LogP contribution in [0.2, 0.25) is 0 Å². The average molecular weight is 437 g/mol. The van der Waals surface area contributed by atoms with Gasteiger partial charge in [0.1, 0.15) is 5.82 Å². The Hall–Kier alpha value is -3.06. The minimum Gasteiger partial charge on any atom is -0.340 e. The lowest BCUT2D eigenvalue weighted by atomic mass is 9.95. The Morgan fingerprint density at radius 2 is 1.78 bits per heavy atom. The molecule has 2 amide bonds. The molecule has 2 aliphatic rings. The molecule has 0 aromatic heterocycles. The molecule has 0 N–H and O–H groups in total. The Balaban J connectivity index is 1.58. The van der Waals surface area contributed by atoms with Crippen LogP contribution in [0.25, 0.3) is 0 Å². The molecule has 2 aromatic carbocycles. The maximum atomic E-state index is 14.7. The molecule has 0 radical (unpaired) electrons. The minimum absolute atomic E-state index is 0.0536. The van der Waals surface area contributed by atoms with Gasteiger partial charge in [0.15, 0.2) is 0 Å². The number of nitrogens with zero attached hydrogens (tertiary/aromatic N) is 4. The molecule has 32 heavy (non-hydrogen) atoms. The molecule has 7 heteroatoms. The third-order valence-corrected chi connectivity index (χ3v) is 6.30. The zero-order chi connectivity index (χ0) is 22.8. The van der Waals surface area contributed by atoms with Gasteiger partial charge in [-0.2, -0.15) is 5.10 Å². The van der Waals surface area contributed by atoms with Gasteiger partial charge >= 0.3 is 0 Å². The van der Waals surface area contributed by atoms with Crippen molar-refractivity contribution in [2.45, 2.75) is 33.2 Å². The first-order valence-electron chi connectivity index (χ1n) is 11.0. The molecule has 0 spiro atoms. The van der Waals surface area contributed by atoms with E-state index in [0.717, 1.165) is 22.4 Å². The SMILES string of the molecule is CC(=O)N1CCN(CC(=O)N2N=C(c3ccc(C)cc3C)C[C@H]2c2ccccc2F)CC1. The van der Waals surface area contributed by atoms with E-state index in [9.17, 15) is 14.0 Å². The van der Waals surface area contributed by atoms with E-state index in [1.165, 1.54) is 11.1 Å². The predicted octanol–water partition coefficient (Wildman–Crippen LogP) is 3.28. The van der Waals surface area contributed by atoms with Gasteiger partial charge in [0.05, 0.1) is 18.3 Å². The Kier molecular flexibility index (Phi) is 6.37. The molecule has 0 saturated carbocycles. The van der Waals surface area contributed by atoms with Crippen LogP contribution < -0.4 is 0 Å². The number of aryl methyl sites for hydroxylation is 2. The zero-order valence-corrected chi connectivity index (χ0v) is 18.8. The van der Waals surface area contributed by atoms with Crippen LogP contribution in [0.15, 0.2) is 47.6 Å². The summed E-state index contributed by atoms with van der Waals surface area (Å²) in [5.74, 6) is -0.436. The number of benzene rings is 2. The van der Waals surface area contributed by atoms with Crippen LogP contribution in [-0.2, 0) is 9.59 Å². The highest BCUT2D eigenvalue weighted by Crippen LogP contribution is 2.35. The molecule has 2 heterocycles. The number of rotatable bonds is 4. The Morgan fingerprint density at radius 3 is 2.44 bits per heavy atom. The van der Waals surface area contributed by atoms with Gasteiger partial charge in [-0.05, 0) is 25.5 Å². The van der Waals surface area contributed by atoms with E-state index in [0.29, 0.717) is 38.2 Å². The minimum atomic E-state index is -0.474. The fourth-order valence-electron chi connectivity index (χ4n) is 4.51. The van der Waals surface area contributed by atoms with Crippen LogP contribution in [0.4, 0.5) is 4.39 Å². The van der Waals surface area contributed by atoms with E-state index < -0.39 is 6.04 Å². The molecule has 1 fully saturated rings. The maximum Gasteiger partial charge on any atom is 0.257 e. The number of carbonyl (C=O) groups is 2. The summed E-state index contributed by atoms with van der Waals surface area (Å²) in [5, 5.41) is 6.16. The first-order chi connectivity index (χ1) is 15.3. The average Bonchev–Trinajstić information content (AvgIpc) is 3.19. The van der Waals surface area contributed by atoms with Gasteiger partial charge in [-0.15, -0.1) is 0 Å². The van der Waals surface area contributed by atoms with E-state index in [-0.39, 0.29) is 24.2 Å². The molecular weight excluding hydrogens is 407 g/mol. The smallest absolute Gasteiger partial charge is 0.257 e. The monoisotopic (exact) mass is 436 g/mol. The number of hydrogen-bond donors (Lipinski definition) is 0. The summed E-state index contributed by atoms with van der Waals surface area (Å²) in [6, 6.07) is 12.3. The summed E-state index contributed by atoms with van der Waals surface area (Å²) in [4.78, 5) is 28.7. The first-order valence-corrected chi connectivity index (χ1v) is 11.0. The van der Waals surface area contributed by atoms with Crippen molar-refractivity contribution in [3.8, 4) is 0 Å². The summed E-state index contributed by atoms with van der Waals surface area (Å²) in [6.45, 7) is 8.31. The standard InChI is InChI=1S/C25H29FN4O2/c1-17-8-9-20(18(2)14-17)23-15-24(21-6-4-5-7-22(21)26)30(27-23)25(32)16-28-10-12-29(13-11-28)19(3)31/h4-9,14,24H,10-13,15-16H2,1-3H3/t24-/m0/s1. The summed E-state index contributed by atoms with van der Waals surface area (Å²) in [6.07, 6.45) is 0.467. The highest BCUT2D eigenvalue weighted by molar-refractivity contribution is 6.04. The van der Waals surface area contributed by atoms with E-state index in [1.54, 1.807) is 30.0 Å². The van der Waals surface area contributed by atoms with Crippen molar-refractivity contribution >= 4 is 17.5 Å². The molecule has 6 nitrogen and oxygen atoms in total. The molecule has 0 aliphatic carbocycles. The van der Waals surface area contributed by atoms with Gasteiger partial charge in [-0.3, -0.25) is 14.5 Å². The lowest BCUT2D eigenvalue weighted by Crippen LogP contribution is -2.50. The van der Waals surface area contributed by atoms with Crippen LogP contribution in [0, 0.1) is 19.7 Å². The van der Waals surface area contributed by atoms with E-state index in [4.69, 9.17) is 5.10 Å². The van der Waals surface area contributed by atoms with Crippen molar-refractivity contribution in [3.05, 3.63) is 70.5 Å². The van der Waals surface area contributed by atoms with Crippen molar-refractivity contribution in [1.29, 1.82) is 0 Å². The van der Waals surface area contributed by atoms with Crippen molar-refractivity contribution < 1.29 is 14.0 Å². The zero-order valence-electron chi connectivity index (χ0n) is 18.8. The van der Waals surface area contributed by atoms with Crippen LogP contribution in [0.1, 0.15) is 41.6 Å². The molecule has 0 bridgehead atoms. The van der Waals surface area contributed by atoms with Gasteiger partial charge in [-0.1, -0.05) is 42.0 Å².